The van der Waals surface area contributed by atoms with Crippen molar-refractivity contribution in [3.05, 3.63) is 29.8 Å². The highest BCUT2D eigenvalue weighted by Gasteiger charge is 2.05. The number of rotatable bonds is 8. The molecule has 0 aliphatic heterocycles. The van der Waals surface area contributed by atoms with Gasteiger partial charge in [-0.15, -0.1) is 35.6 Å². The van der Waals surface area contributed by atoms with Crippen molar-refractivity contribution in [1.29, 1.82) is 0 Å². The first-order chi connectivity index (χ1) is 8.31. The Morgan fingerprint density at radius 3 is 2.33 bits per heavy atom. The molecule has 0 aromatic heterocycles. The van der Waals surface area contributed by atoms with Gasteiger partial charge < -0.3 is 10.6 Å². The number of alkyl halides is 2. The van der Waals surface area contributed by atoms with Gasteiger partial charge in [-0.3, -0.25) is 0 Å². The van der Waals surface area contributed by atoms with Crippen LogP contribution in [0.25, 0.3) is 0 Å². The average Bonchev–Trinajstić information content (AvgIpc) is 2.36. The van der Waals surface area contributed by atoms with E-state index in [9.17, 15) is 0 Å². The molecule has 104 valence electrons. The van der Waals surface area contributed by atoms with Gasteiger partial charge >= 0.3 is 0 Å². The second-order valence-electron chi connectivity index (χ2n) is 3.93. The van der Waals surface area contributed by atoms with E-state index >= 15 is 0 Å². The van der Waals surface area contributed by atoms with Crippen molar-refractivity contribution in [1.82, 2.24) is 0 Å². The van der Waals surface area contributed by atoms with Crippen LogP contribution < -0.4 is 10.6 Å². The van der Waals surface area contributed by atoms with E-state index in [4.69, 9.17) is 28.9 Å². The van der Waals surface area contributed by atoms with Crippen LogP contribution in [-0.4, -0.2) is 31.4 Å². The molecule has 0 fully saturated rings. The zero-order valence-corrected chi connectivity index (χ0v) is 12.8. The molecule has 2 N–H and O–H groups in total. The van der Waals surface area contributed by atoms with E-state index in [-0.39, 0.29) is 12.4 Å². The van der Waals surface area contributed by atoms with E-state index in [0.717, 1.165) is 32.5 Å². The smallest absolute Gasteiger partial charge is 0.0399 e. The second-order valence-corrected chi connectivity index (χ2v) is 4.68. The zero-order chi connectivity index (χ0) is 12.5. The standard InChI is InChI=1S/C13H20Cl2N2.ClH/c14-6-9-17(10-7-15)13-5-1-3-12(11-13)4-2-8-16;/h1,3,5,11H,2,4,6-10,16H2;1H. The second kappa shape index (κ2) is 10.7. The van der Waals surface area contributed by atoms with Crippen molar-refractivity contribution in [2.24, 2.45) is 5.73 Å². The molecule has 5 heteroatoms. The Balaban J connectivity index is 0.00000289. The highest BCUT2D eigenvalue weighted by atomic mass is 35.5. The number of anilines is 1. The van der Waals surface area contributed by atoms with Crippen LogP contribution in [0.3, 0.4) is 0 Å². The lowest BCUT2D eigenvalue weighted by atomic mass is 10.1. The third-order valence-corrected chi connectivity index (χ3v) is 2.99. The molecule has 0 aliphatic carbocycles. The van der Waals surface area contributed by atoms with Crippen molar-refractivity contribution >= 4 is 41.3 Å². The van der Waals surface area contributed by atoms with Gasteiger partial charge in [-0.2, -0.15) is 0 Å². The molecule has 0 radical (unpaired) electrons. The molecule has 0 heterocycles. The Morgan fingerprint density at radius 1 is 1.11 bits per heavy atom. The highest BCUT2D eigenvalue weighted by Crippen LogP contribution is 2.17. The van der Waals surface area contributed by atoms with E-state index in [1.54, 1.807) is 0 Å². The summed E-state index contributed by atoms with van der Waals surface area (Å²) in [4.78, 5) is 2.21. The van der Waals surface area contributed by atoms with Gasteiger partial charge in [0.05, 0.1) is 0 Å². The third-order valence-electron chi connectivity index (χ3n) is 2.65. The first-order valence-corrected chi connectivity index (χ1v) is 7.04. The fraction of sp³-hybridized carbons (Fsp3) is 0.538. The van der Waals surface area contributed by atoms with Gasteiger partial charge in [0.2, 0.25) is 0 Å². The molecular formula is C13H21Cl3N2. The number of hydrogen-bond donors (Lipinski definition) is 1. The van der Waals surface area contributed by atoms with Crippen LogP contribution in [0.4, 0.5) is 5.69 Å². The Labute approximate surface area is 126 Å². The summed E-state index contributed by atoms with van der Waals surface area (Å²) in [5.74, 6) is 1.23. The maximum atomic E-state index is 5.80. The van der Waals surface area contributed by atoms with E-state index in [2.05, 4.69) is 29.2 Å². The van der Waals surface area contributed by atoms with Gasteiger partial charge in [-0.25, -0.2) is 0 Å². The van der Waals surface area contributed by atoms with E-state index < -0.39 is 0 Å². The fourth-order valence-corrected chi connectivity index (χ4v) is 2.20. The lowest BCUT2D eigenvalue weighted by Crippen LogP contribution is -2.27. The normalized spacial score (nSPS) is 9.94. The number of hydrogen-bond acceptors (Lipinski definition) is 2. The summed E-state index contributed by atoms with van der Waals surface area (Å²) in [5.41, 5.74) is 8.04. The van der Waals surface area contributed by atoms with Crippen LogP contribution in [-0.2, 0) is 6.42 Å². The van der Waals surface area contributed by atoms with Crippen molar-refractivity contribution in [2.45, 2.75) is 12.8 Å². The molecule has 0 unspecified atom stereocenters. The van der Waals surface area contributed by atoms with Crippen molar-refractivity contribution in [3.63, 3.8) is 0 Å². The number of aryl methyl sites for hydroxylation is 1. The molecule has 0 saturated carbocycles. The zero-order valence-electron chi connectivity index (χ0n) is 10.4. The van der Waals surface area contributed by atoms with Gasteiger partial charge in [-0.1, -0.05) is 12.1 Å². The number of nitrogens with zero attached hydrogens (tertiary/aromatic N) is 1. The molecule has 0 aliphatic rings. The van der Waals surface area contributed by atoms with Gasteiger partial charge in [0.15, 0.2) is 0 Å². The number of halogens is 3. The van der Waals surface area contributed by atoms with E-state index in [1.165, 1.54) is 11.3 Å². The molecular weight excluding hydrogens is 291 g/mol. The molecule has 2 nitrogen and oxygen atoms in total. The van der Waals surface area contributed by atoms with Crippen LogP contribution in [0.1, 0.15) is 12.0 Å². The first kappa shape index (κ1) is 17.8. The SMILES string of the molecule is Cl.NCCCc1cccc(N(CCCl)CCCl)c1. The molecule has 0 amide bonds. The summed E-state index contributed by atoms with van der Waals surface area (Å²) < 4.78 is 0. The van der Waals surface area contributed by atoms with Crippen LogP contribution in [0.15, 0.2) is 24.3 Å². The van der Waals surface area contributed by atoms with Gasteiger partial charge in [0.25, 0.3) is 0 Å². The molecule has 0 atom stereocenters. The minimum atomic E-state index is 0. The minimum absolute atomic E-state index is 0. The molecule has 18 heavy (non-hydrogen) atoms. The van der Waals surface area contributed by atoms with Crippen LogP contribution in [0.5, 0.6) is 0 Å². The maximum absolute atomic E-state index is 5.80. The average molecular weight is 312 g/mol. The quantitative estimate of drug-likeness (QED) is 0.747. The molecule has 1 rings (SSSR count). The minimum Gasteiger partial charge on any atom is -0.369 e. The summed E-state index contributed by atoms with van der Waals surface area (Å²) in [6, 6.07) is 8.52. The van der Waals surface area contributed by atoms with Gasteiger partial charge in [0, 0.05) is 30.5 Å². The summed E-state index contributed by atoms with van der Waals surface area (Å²) >= 11 is 11.6. The summed E-state index contributed by atoms with van der Waals surface area (Å²) in [6.07, 6.45) is 2.05. The molecule has 1 aromatic rings. The molecule has 0 spiro atoms. The van der Waals surface area contributed by atoms with Crippen LogP contribution in [0.2, 0.25) is 0 Å². The molecule has 0 saturated heterocycles. The summed E-state index contributed by atoms with van der Waals surface area (Å²) in [6.45, 7) is 2.39. The highest BCUT2D eigenvalue weighted by molar-refractivity contribution is 6.18. The Hall–Kier alpha value is -0.150. The topological polar surface area (TPSA) is 29.3 Å². The van der Waals surface area contributed by atoms with Crippen LogP contribution >= 0.6 is 35.6 Å². The van der Waals surface area contributed by atoms with Crippen molar-refractivity contribution in [3.8, 4) is 0 Å². The first-order valence-electron chi connectivity index (χ1n) is 5.97. The van der Waals surface area contributed by atoms with E-state index in [0.29, 0.717) is 11.8 Å². The van der Waals surface area contributed by atoms with Gasteiger partial charge in [-0.05, 0) is 37.1 Å². The molecule has 1 aromatic carbocycles. The Morgan fingerprint density at radius 2 is 1.78 bits per heavy atom. The Bertz CT molecular complexity index is 315. The number of benzene rings is 1. The predicted octanol–water partition coefficient (Wildman–Crippen LogP) is 3.28. The maximum Gasteiger partial charge on any atom is 0.0399 e. The number of nitrogens with two attached hydrogens (primary N) is 1. The van der Waals surface area contributed by atoms with Crippen molar-refractivity contribution < 1.29 is 0 Å². The monoisotopic (exact) mass is 310 g/mol. The van der Waals surface area contributed by atoms with Crippen molar-refractivity contribution in [2.75, 3.05) is 36.3 Å². The Kier molecular flexibility index (Phi) is 10.7. The predicted molar refractivity (Wildman–Crippen MR) is 84.7 cm³/mol. The van der Waals surface area contributed by atoms with Crippen LogP contribution in [0, 0.1) is 0 Å². The molecule has 0 bridgehead atoms. The lowest BCUT2D eigenvalue weighted by Gasteiger charge is -2.23. The fourth-order valence-electron chi connectivity index (χ4n) is 1.79. The summed E-state index contributed by atoms with van der Waals surface area (Å²) in [7, 11) is 0. The lowest BCUT2D eigenvalue weighted by molar-refractivity contribution is 0.828. The van der Waals surface area contributed by atoms with E-state index in [1.807, 2.05) is 0 Å². The van der Waals surface area contributed by atoms with Gasteiger partial charge in [0.1, 0.15) is 0 Å². The summed E-state index contributed by atoms with van der Waals surface area (Å²) in [5, 5.41) is 0. The third kappa shape index (κ3) is 6.14. The largest absolute Gasteiger partial charge is 0.369 e.